The molecule has 1 saturated carbocycles. The first-order valence-corrected chi connectivity index (χ1v) is 12.9. The van der Waals surface area contributed by atoms with Crippen molar-refractivity contribution in [2.45, 2.75) is 56.7 Å². The Hall–Kier alpha value is -1.47. The maximum atomic E-state index is 13.9. The Morgan fingerprint density at radius 1 is 1.30 bits per heavy atom. The van der Waals surface area contributed by atoms with Gasteiger partial charge >= 0.3 is 0 Å². The predicted molar refractivity (Wildman–Crippen MR) is 125 cm³/mol. The van der Waals surface area contributed by atoms with Crippen LogP contribution in [-0.2, 0) is 9.59 Å². The minimum absolute atomic E-state index is 0.00521. The minimum Gasteiger partial charge on any atom is -0.356 e. The number of nitrogens with one attached hydrogen (secondary N) is 2. The first-order valence-electron chi connectivity index (χ1n) is 10.9. The molecule has 1 aromatic rings. The number of hydrogen-bond donors (Lipinski definition) is 2. The van der Waals surface area contributed by atoms with Crippen LogP contribution < -0.4 is 10.6 Å². The van der Waals surface area contributed by atoms with Crippen LogP contribution in [0, 0.1) is 11.7 Å². The molecule has 1 saturated heterocycles. The second kappa shape index (κ2) is 11.8. The van der Waals surface area contributed by atoms with Gasteiger partial charge in [-0.1, -0.05) is 31.5 Å². The van der Waals surface area contributed by atoms with Crippen LogP contribution in [0.4, 0.5) is 4.39 Å². The molecule has 0 spiro atoms. The molecule has 2 N–H and O–H groups in total. The maximum Gasteiger partial charge on any atom is 0.257 e. The summed E-state index contributed by atoms with van der Waals surface area (Å²) in [6.45, 7) is 2.92. The third-order valence-electron chi connectivity index (χ3n) is 5.58. The molecular formula is C23H31FN2O2S2. The van der Waals surface area contributed by atoms with Gasteiger partial charge in [0.15, 0.2) is 0 Å². The number of benzene rings is 1. The third-order valence-corrected chi connectivity index (χ3v) is 8.15. The number of carbonyl (C=O) groups excluding carboxylic acids is 2. The molecule has 1 aromatic carbocycles. The van der Waals surface area contributed by atoms with Gasteiger partial charge in [-0.15, -0.1) is 11.8 Å². The van der Waals surface area contributed by atoms with E-state index in [2.05, 4.69) is 17.6 Å². The second-order valence-electron chi connectivity index (χ2n) is 7.89. The van der Waals surface area contributed by atoms with Gasteiger partial charge in [-0.2, -0.15) is 11.8 Å². The lowest BCUT2D eigenvalue weighted by atomic mass is 9.84. The van der Waals surface area contributed by atoms with Gasteiger partial charge in [0.25, 0.3) is 5.91 Å². The van der Waals surface area contributed by atoms with Crippen molar-refractivity contribution in [1.29, 1.82) is 0 Å². The second-order valence-corrected chi connectivity index (χ2v) is 10.4. The van der Waals surface area contributed by atoms with Crippen molar-refractivity contribution in [3.05, 3.63) is 40.6 Å². The van der Waals surface area contributed by atoms with Crippen LogP contribution in [0.5, 0.6) is 0 Å². The van der Waals surface area contributed by atoms with Gasteiger partial charge in [0.1, 0.15) is 5.82 Å². The molecule has 164 valence electrons. The number of unbranched alkanes of at least 4 members (excludes halogenated alkanes) is 1. The van der Waals surface area contributed by atoms with Gasteiger partial charge < -0.3 is 10.6 Å². The lowest BCUT2D eigenvalue weighted by Gasteiger charge is -2.39. The van der Waals surface area contributed by atoms with Crippen LogP contribution in [0.3, 0.4) is 0 Å². The molecule has 4 nitrogen and oxygen atoms in total. The van der Waals surface area contributed by atoms with E-state index < -0.39 is 0 Å². The van der Waals surface area contributed by atoms with E-state index >= 15 is 0 Å². The lowest BCUT2D eigenvalue weighted by Crippen LogP contribution is -2.51. The van der Waals surface area contributed by atoms with Gasteiger partial charge in [-0.3, -0.25) is 9.59 Å². The SMILES string of the molecule is CCCCSCCCNC(=O)C1CCC2S/C(=C/c3ccccc3F)C(=O)NC2C1. The summed E-state index contributed by atoms with van der Waals surface area (Å²) in [7, 11) is 0. The third kappa shape index (κ3) is 6.51. The van der Waals surface area contributed by atoms with Crippen molar-refractivity contribution in [2.24, 2.45) is 5.92 Å². The fraction of sp³-hybridized carbons (Fsp3) is 0.565. The highest BCUT2D eigenvalue weighted by Gasteiger charge is 2.39. The fourth-order valence-corrected chi connectivity index (χ4v) is 6.17. The molecule has 1 aliphatic heterocycles. The zero-order valence-electron chi connectivity index (χ0n) is 17.5. The van der Waals surface area contributed by atoms with Gasteiger partial charge in [-0.25, -0.2) is 4.39 Å². The van der Waals surface area contributed by atoms with Crippen molar-refractivity contribution in [1.82, 2.24) is 10.6 Å². The molecule has 3 rings (SSSR count). The van der Waals surface area contributed by atoms with E-state index in [0.717, 1.165) is 31.6 Å². The molecule has 0 bridgehead atoms. The van der Waals surface area contributed by atoms with Crippen molar-refractivity contribution < 1.29 is 14.0 Å². The van der Waals surface area contributed by atoms with Crippen molar-refractivity contribution in [2.75, 3.05) is 18.1 Å². The average molecular weight is 451 g/mol. The summed E-state index contributed by atoms with van der Waals surface area (Å²) in [5.41, 5.74) is 0.425. The largest absolute Gasteiger partial charge is 0.356 e. The molecule has 0 aromatic heterocycles. The molecule has 2 fully saturated rings. The van der Waals surface area contributed by atoms with Crippen molar-refractivity contribution >= 4 is 41.4 Å². The topological polar surface area (TPSA) is 58.2 Å². The number of rotatable bonds is 9. The summed E-state index contributed by atoms with van der Waals surface area (Å²) in [4.78, 5) is 25.6. The normalized spacial score (nSPS) is 24.9. The molecule has 1 heterocycles. The van der Waals surface area contributed by atoms with Crippen LogP contribution >= 0.6 is 23.5 Å². The Balaban J connectivity index is 1.46. The Labute approximate surface area is 187 Å². The van der Waals surface area contributed by atoms with Crippen LogP contribution in [-0.4, -0.2) is 41.2 Å². The number of amides is 2. The Bertz CT molecular complexity index is 771. The molecule has 2 amide bonds. The molecular weight excluding hydrogens is 419 g/mol. The summed E-state index contributed by atoms with van der Waals surface area (Å²) >= 11 is 3.47. The quantitative estimate of drug-likeness (QED) is 0.426. The first kappa shape index (κ1) is 23.2. The Morgan fingerprint density at radius 3 is 2.90 bits per heavy atom. The number of hydrogen-bond acceptors (Lipinski definition) is 4. The number of fused-ring (bicyclic) bond motifs is 1. The Kier molecular flexibility index (Phi) is 9.12. The highest BCUT2D eigenvalue weighted by atomic mass is 32.2. The molecule has 2 aliphatic rings. The van der Waals surface area contributed by atoms with E-state index in [-0.39, 0.29) is 34.8 Å². The summed E-state index contributed by atoms with van der Waals surface area (Å²) in [6.07, 6.45) is 7.47. The summed E-state index contributed by atoms with van der Waals surface area (Å²) in [5, 5.41) is 6.36. The summed E-state index contributed by atoms with van der Waals surface area (Å²) < 4.78 is 13.9. The minimum atomic E-state index is -0.329. The summed E-state index contributed by atoms with van der Waals surface area (Å²) in [5.74, 6) is 1.84. The highest BCUT2D eigenvalue weighted by molar-refractivity contribution is 8.04. The van der Waals surface area contributed by atoms with E-state index in [4.69, 9.17) is 0 Å². The van der Waals surface area contributed by atoms with E-state index in [1.165, 1.54) is 36.4 Å². The molecule has 3 atom stereocenters. The first-order chi connectivity index (χ1) is 14.6. The number of carbonyl (C=O) groups is 2. The molecule has 3 unspecified atom stereocenters. The van der Waals surface area contributed by atoms with Gasteiger partial charge in [-0.05, 0) is 55.8 Å². The summed E-state index contributed by atoms with van der Waals surface area (Å²) in [6, 6.07) is 6.46. The monoisotopic (exact) mass is 450 g/mol. The molecule has 7 heteroatoms. The molecule has 0 radical (unpaired) electrons. The van der Waals surface area contributed by atoms with E-state index in [9.17, 15) is 14.0 Å². The van der Waals surface area contributed by atoms with Crippen LogP contribution in [0.2, 0.25) is 0 Å². The van der Waals surface area contributed by atoms with Gasteiger partial charge in [0, 0.05) is 29.3 Å². The number of thioether (sulfide) groups is 2. The molecule has 1 aliphatic carbocycles. The van der Waals surface area contributed by atoms with E-state index in [1.807, 2.05) is 11.8 Å². The van der Waals surface area contributed by atoms with Gasteiger partial charge in [0.05, 0.1) is 4.91 Å². The highest BCUT2D eigenvalue weighted by Crippen LogP contribution is 2.40. The number of halogens is 1. The van der Waals surface area contributed by atoms with E-state index in [0.29, 0.717) is 16.9 Å². The molecule has 30 heavy (non-hydrogen) atoms. The average Bonchev–Trinajstić information content (AvgIpc) is 2.74. The smallest absolute Gasteiger partial charge is 0.257 e. The standard InChI is InChI=1S/C23H31FN2O2S2/c1-2-3-12-29-13-6-11-25-22(27)17-9-10-20-19(14-17)26-23(28)21(30-20)15-16-7-4-5-8-18(16)24/h4-5,7-8,15,17,19-20H,2-3,6,9-14H2,1H3,(H,25,27)(H,26,28)/b21-15+. The van der Waals surface area contributed by atoms with E-state index in [1.54, 1.807) is 24.3 Å². The zero-order valence-corrected chi connectivity index (χ0v) is 19.1. The predicted octanol–water partition coefficient (Wildman–Crippen LogP) is 4.61. The van der Waals surface area contributed by atoms with Gasteiger partial charge in [0.2, 0.25) is 5.91 Å². The maximum absolute atomic E-state index is 13.9. The van der Waals surface area contributed by atoms with Crippen LogP contribution in [0.15, 0.2) is 29.2 Å². The fourth-order valence-electron chi connectivity index (χ4n) is 3.84. The van der Waals surface area contributed by atoms with Crippen LogP contribution in [0.1, 0.15) is 51.0 Å². The van der Waals surface area contributed by atoms with Crippen LogP contribution in [0.25, 0.3) is 6.08 Å². The lowest BCUT2D eigenvalue weighted by molar-refractivity contribution is -0.127. The Morgan fingerprint density at radius 2 is 2.10 bits per heavy atom. The van der Waals surface area contributed by atoms with Crippen molar-refractivity contribution in [3.8, 4) is 0 Å². The van der Waals surface area contributed by atoms with Crippen molar-refractivity contribution in [3.63, 3.8) is 0 Å². The zero-order chi connectivity index (χ0) is 21.3.